The van der Waals surface area contributed by atoms with Crippen molar-refractivity contribution in [2.24, 2.45) is 10.2 Å². The van der Waals surface area contributed by atoms with E-state index in [-0.39, 0.29) is 5.75 Å². The molecule has 0 amide bonds. The van der Waals surface area contributed by atoms with Crippen LogP contribution in [0.15, 0.2) is 64.8 Å². The van der Waals surface area contributed by atoms with Gasteiger partial charge in [0.15, 0.2) is 5.75 Å². The van der Waals surface area contributed by atoms with E-state index in [4.69, 9.17) is 0 Å². The van der Waals surface area contributed by atoms with Gasteiger partial charge in [-0.2, -0.15) is 5.11 Å². The molecule has 0 aliphatic heterocycles. The number of phenolic OH excluding ortho intramolecular Hbond substituents is 1. The smallest absolute Gasteiger partial charge is 0.151 e. The number of nitrogens with zero attached hydrogens (tertiary/aromatic N) is 2. The predicted octanol–water partition coefficient (Wildman–Crippen LogP) is 5.58. The number of hydrogen-bond acceptors (Lipinski definition) is 3. The normalized spacial score (nSPS) is 11.3. The summed E-state index contributed by atoms with van der Waals surface area (Å²) >= 11 is 0. The third-order valence-corrected chi connectivity index (χ3v) is 3.56. The summed E-state index contributed by atoms with van der Waals surface area (Å²) in [5.74, 6) is 0.183. The van der Waals surface area contributed by atoms with Gasteiger partial charge in [-0.05, 0) is 42.5 Å². The first-order chi connectivity index (χ1) is 10.2. The molecule has 0 fully saturated rings. The van der Waals surface area contributed by atoms with E-state index in [0.29, 0.717) is 5.69 Å². The van der Waals surface area contributed by atoms with Crippen molar-refractivity contribution in [1.82, 2.24) is 0 Å². The van der Waals surface area contributed by atoms with Gasteiger partial charge in [0.2, 0.25) is 0 Å². The number of rotatable bonds is 2. The Kier molecular flexibility index (Phi) is 3.40. The molecule has 3 rings (SSSR count). The molecule has 0 radical (unpaired) electrons. The topological polar surface area (TPSA) is 45.0 Å². The largest absolute Gasteiger partial charge is 0.505 e. The van der Waals surface area contributed by atoms with Gasteiger partial charge in [0.05, 0.1) is 5.69 Å². The molecule has 0 atom stereocenters. The zero-order valence-electron chi connectivity index (χ0n) is 12.0. The van der Waals surface area contributed by atoms with E-state index in [0.717, 1.165) is 27.6 Å². The average molecular weight is 276 g/mol. The molecule has 104 valence electrons. The quantitative estimate of drug-likeness (QED) is 0.610. The van der Waals surface area contributed by atoms with Gasteiger partial charge in [0.25, 0.3) is 0 Å². The first-order valence-electron chi connectivity index (χ1n) is 6.85. The zero-order chi connectivity index (χ0) is 14.8. The Morgan fingerprint density at radius 3 is 2.33 bits per heavy atom. The van der Waals surface area contributed by atoms with Crippen molar-refractivity contribution >= 4 is 22.1 Å². The van der Waals surface area contributed by atoms with Crippen molar-refractivity contribution in [3.8, 4) is 5.75 Å². The van der Waals surface area contributed by atoms with Crippen LogP contribution in [-0.4, -0.2) is 5.11 Å². The van der Waals surface area contributed by atoms with E-state index >= 15 is 0 Å². The second kappa shape index (κ2) is 5.37. The van der Waals surface area contributed by atoms with Gasteiger partial charge in [-0.3, -0.25) is 0 Å². The van der Waals surface area contributed by atoms with Crippen molar-refractivity contribution in [3.63, 3.8) is 0 Å². The lowest BCUT2D eigenvalue weighted by molar-refractivity contribution is 0.482. The van der Waals surface area contributed by atoms with Crippen LogP contribution in [0.25, 0.3) is 10.8 Å². The lowest BCUT2D eigenvalue weighted by Crippen LogP contribution is -1.80. The van der Waals surface area contributed by atoms with Gasteiger partial charge in [0.1, 0.15) is 5.69 Å². The van der Waals surface area contributed by atoms with Crippen molar-refractivity contribution in [2.75, 3.05) is 0 Å². The summed E-state index contributed by atoms with van der Waals surface area (Å²) in [4.78, 5) is 0. The van der Waals surface area contributed by atoms with E-state index < -0.39 is 0 Å². The highest BCUT2D eigenvalue weighted by atomic mass is 16.3. The molecule has 3 aromatic carbocycles. The van der Waals surface area contributed by atoms with Crippen molar-refractivity contribution in [3.05, 3.63) is 65.7 Å². The SMILES string of the molecule is Cc1ccccc1N=Nc1c(C)cc2ccccc2c1O. The Balaban J connectivity index is 2.11. The summed E-state index contributed by atoms with van der Waals surface area (Å²) in [5, 5.41) is 20.8. The minimum Gasteiger partial charge on any atom is -0.505 e. The Labute approximate surface area is 123 Å². The van der Waals surface area contributed by atoms with Crippen LogP contribution in [0, 0.1) is 13.8 Å². The maximum atomic E-state index is 10.4. The van der Waals surface area contributed by atoms with E-state index in [2.05, 4.69) is 10.2 Å². The molecule has 3 nitrogen and oxygen atoms in total. The number of hydrogen-bond donors (Lipinski definition) is 1. The molecule has 0 bridgehead atoms. The predicted molar refractivity (Wildman–Crippen MR) is 85.7 cm³/mol. The van der Waals surface area contributed by atoms with Gasteiger partial charge in [-0.15, -0.1) is 5.11 Å². The Morgan fingerprint density at radius 2 is 1.52 bits per heavy atom. The van der Waals surface area contributed by atoms with Gasteiger partial charge < -0.3 is 5.11 Å². The Hall–Kier alpha value is -2.68. The van der Waals surface area contributed by atoms with Crippen molar-refractivity contribution < 1.29 is 5.11 Å². The second-order valence-electron chi connectivity index (χ2n) is 5.10. The monoisotopic (exact) mass is 276 g/mol. The summed E-state index contributed by atoms with van der Waals surface area (Å²) in [6.07, 6.45) is 0. The molecule has 0 saturated carbocycles. The average Bonchev–Trinajstić information content (AvgIpc) is 2.49. The van der Waals surface area contributed by atoms with Crippen LogP contribution >= 0.6 is 0 Å². The van der Waals surface area contributed by atoms with Gasteiger partial charge >= 0.3 is 0 Å². The fraction of sp³-hybridized carbons (Fsp3) is 0.111. The third kappa shape index (κ3) is 2.50. The zero-order valence-corrected chi connectivity index (χ0v) is 12.0. The molecule has 0 aliphatic carbocycles. The number of aryl methyl sites for hydroxylation is 2. The fourth-order valence-electron chi connectivity index (χ4n) is 2.36. The maximum Gasteiger partial charge on any atom is 0.151 e. The number of azo groups is 1. The van der Waals surface area contributed by atoms with Crippen molar-refractivity contribution in [2.45, 2.75) is 13.8 Å². The Bertz CT molecular complexity index is 838. The van der Waals surface area contributed by atoms with E-state index in [9.17, 15) is 5.11 Å². The first-order valence-corrected chi connectivity index (χ1v) is 6.85. The lowest BCUT2D eigenvalue weighted by Gasteiger charge is -2.07. The molecule has 0 spiro atoms. The van der Waals surface area contributed by atoms with E-state index in [1.54, 1.807) is 0 Å². The minimum atomic E-state index is 0.183. The molecule has 1 N–H and O–H groups in total. The summed E-state index contributed by atoms with van der Waals surface area (Å²) in [7, 11) is 0. The van der Waals surface area contributed by atoms with Gasteiger partial charge in [-0.1, -0.05) is 42.5 Å². The van der Waals surface area contributed by atoms with E-state index in [1.165, 1.54) is 0 Å². The van der Waals surface area contributed by atoms with Crippen LogP contribution in [0.3, 0.4) is 0 Å². The molecule has 0 aromatic heterocycles. The van der Waals surface area contributed by atoms with Crippen LogP contribution in [-0.2, 0) is 0 Å². The molecule has 3 aromatic rings. The molecule has 3 heteroatoms. The molecule has 0 unspecified atom stereocenters. The van der Waals surface area contributed by atoms with Gasteiger partial charge in [-0.25, -0.2) is 0 Å². The summed E-state index contributed by atoms with van der Waals surface area (Å²) < 4.78 is 0. The molecule has 0 saturated heterocycles. The maximum absolute atomic E-state index is 10.4. The Morgan fingerprint density at radius 1 is 0.810 bits per heavy atom. The highest BCUT2D eigenvalue weighted by Crippen LogP contribution is 2.38. The molecule has 0 aliphatic rings. The van der Waals surface area contributed by atoms with Crippen LogP contribution in [0.1, 0.15) is 11.1 Å². The standard InChI is InChI=1S/C18H16N2O/c1-12-7-3-6-10-16(12)19-20-17-13(2)11-14-8-4-5-9-15(14)18(17)21/h3-11,21H,1-2H3. The highest BCUT2D eigenvalue weighted by Gasteiger charge is 2.09. The number of aromatic hydroxyl groups is 1. The molecule has 21 heavy (non-hydrogen) atoms. The summed E-state index contributed by atoms with van der Waals surface area (Å²) in [6, 6.07) is 17.5. The number of fused-ring (bicyclic) bond motifs is 1. The number of phenols is 1. The summed E-state index contributed by atoms with van der Waals surface area (Å²) in [6.45, 7) is 3.92. The molecular weight excluding hydrogens is 260 g/mol. The first kappa shape index (κ1) is 13.3. The van der Waals surface area contributed by atoms with Crippen LogP contribution in [0.2, 0.25) is 0 Å². The van der Waals surface area contributed by atoms with E-state index in [1.807, 2.05) is 68.4 Å². The molecular formula is C18H16N2O. The van der Waals surface area contributed by atoms with Crippen LogP contribution in [0.5, 0.6) is 5.75 Å². The number of benzene rings is 3. The second-order valence-corrected chi connectivity index (χ2v) is 5.10. The van der Waals surface area contributed by atoms with Gasteiger partial charge in [0, 0.05) is 5.39 Å². The summed E-state index contributed by atoms with van der Waals surface area (Å²) in [5.41, 5.74) is 3.30. The van der Waals surface area contributed by atoms with Crippen LogP contribution in [0.4, 0.5) is 11.4 Å². The van der Waals surface area contributed by atoms with Crippen molar-refractivity contribution in [1.29, 1.82) is 0 Å². The van der Waals surface area contributed by atoms with Crippen LogP contribution < -0.4 is 0 Å². The fourth-order valence-corrected chi connectivity index (χ4v) is 2.36. The lowest BCUT2D eigenvalue weighted by atomic mass is 10.0. The highest BCUT2D eigenvalue weighted by molar-refractivity contribution is 5.93. The molecule has 0 heterocycles. The minimum absolute atomic E-state index is 0.183. The third-order valence-electron chi connectivity index (χ3n) is 3.56.